The van der Waals surface area contributed by atoms with E-state index in [-0.39, 0.29) is 5.54 Å². The molecule has 1 saturated heterocycles. The van der Waals surface area contributed by atoms with Gasteiger partial charge in [0.15, 0.2) is 0 Å². The van der Waals surface area contributed by atoms with Gasteiger partial charge in [-0.3, -0.25) is 0 Å². The zero-order valence-electron chi connectivity index (χ0n) is 9.41. The molecule has 1 aromatic rings. The van der Waals surface area contributed by atoms with Gasteiger partial charge in [-0.05, 0) is 53.2 Å². The molecule has 4 heteroatoms. The number of nitrogens with zero attached hydrogens (tertiary/aromatic N) is 2. The summed E-state index contributed by atoms with van der Waals surface area (Å²) in [7, 11) is 0. The summed E-state index contributed by atoms with van der Waals surface area (Å²) in [4.78, 5) is 6.70. The van der Waals surface area contributed by atoms with Crippen molar-refractivity contribution in [3.8, 4) is 0 Å². The molecule has 3 nitrogen and oxygen atoms in total. The molecule has 1 aliphatic carbocycles. The molecule has 0 unspecified atom stereocenters. The Balaban J connectivity index is 1.78. The summed E-state index contributed by atoms with van der Waals surface area (Å²) in [6.45, 7) is 3.99. The number of aryl methyl sites for hydroxylation is 1. The highest BCUT2D eigenvalue weighted by molar-refractivity contribution is 9.10. The Labute approximate surface area is 104 Å². The van der Waals surface area contributed by atoms with Gasteiger partial charge in [0.1, 0.15) is 5.82 Å². The summed E-state index contributed by atoms with van der Waals surface area (Å²) < 4.78 is 1.10. The fourth-order valence-electron chi connectivity index (χ4n) is 2.48. The van der Waals surface area contributed by atoms with Crippen molar-refractivity contribution in [1.29, 1.82) is 0 Å². The zero-order chi connectivity index (χ0) is 11.3. The first-order valence-corrected chi connectivity index (χ1v) is 6.54. The number of nitrogens with two attached hydrogens (primary N) is 1. The van der Waals surface area contributed by atoms with Gasteiger partial charge in [-0.25, -0.2) is 4.98 Å². The molecular weight excluding hydrogens is 266 g/mol. The average molecular weight is 282 g/mol. The lowest BCUT2D eigenvalue weighted by atomic mass is 9.86. The van der Waals surface area contributed by atoms with Crippen molar-refractivity contribution >= 4 is 21.7 Å². The van der Waals surface area contributed by atoms with Crippen LogP contribution in [0.3, 0.4) is 0 Å². The summed E-state index contributed by atoms with van der Waals surface area (Å²) in [5.41, 5.74) is 7.63. The standard InChI is InChI=1S/C12H16BrN3/c1-8-4-5-15-11(10(8)13)16-6-12(14,7-16)9-2-3-9/h4-5,9H,2-3,6-7,14H2,1H3. The molecule has 2 aliphatic rings. The van der Waals surface area contributed by atoms with Crippen LogP contribution < -0.4 is 10.6 Å². The van der Waals surface area contributed by atoms with Crippen LogP contribution in [0.5, 0.6) is 0 Å². The van der Waals surface area contributed by atoms with Gasteiger partial charge < -0.3 is 10.6 Å². The third kappa shape index (κ3) is 1.55. The number of hydrogen-bond donors (Lipinski definition) is 1. The Hall–Kier alpha value is -0.610. The number of pyridine rings is 1. The van der Waals surface area contributed by atoms with Crippen molar-refractivity contribution in [3.63, 3.8) is 0 Å². The molecule has 1 aromatic heterocycles. The van der Waals surface area contributed by atoms with Gasteiger partial charge in [-0.2, -0.15) is 0 Å². The van der Waals surface area contributed by atoms with Crippen molar-refractivity contribution in [2.24, 2.45) is 11.7 Å². The van der Waals surface area contributed by atoms with Crippen LogP contribution in [0.4, 0.5) is 5.82 Å². The van der Waals surface area contributed by atoms with Crippen molar-refractivity contribution in [2.45, 2.75) is 25.3 Å². The van der Waals surface area contributed by atoms with Crippen molar-refractivity contribution in [2.75, 3.05) is 18.0 Å². The van der Waals surface area contributed by atoms with Crippen LogP contribution in [0.15, 0.2) is 16.7 Å². The molecule has 16 heavy (non-hydrogen) atoms. The van der Waals surface area contributed by atoms with E-state index < -0.39 is 0 Å². The number of halogens is 1. The molecular formula is C12H16BrN3. The smallest absolute Gasteiger partial charge is 0.143 e. The van der Waals surface area contributed by atoms with Crippen molar-refractivity contribution < 1.29 is 0 Å². The Bertz CT molecular complexity index is 422. The second kappa shape index (κ2) is 3.44. The van der Waals surface area contributed by atoms with Gasteiger partial charge >= 0.3 is 0 Å². The molecule has 0 amide bonds. The lowest BCUT2D eigenvalue weighted by molar-refractivity contribution is 0.289. The molecule has 1 saturated carbocycles. The maximum atomic E-state index is 6.34. The molecule has 0 bridgehead atoms. The van der Waals surface area contributed by atoms with Gasteiger partial charge in [0.2, 0.25) is 0 Å². The minimum absolute atomic E-state index is 0.0604. The monoisotopic (exact) mass is 281 g/mol. The summed E-state index contributed by atoms with van der Waals surface area (Å²) >= 11 is 3.60. The third-order valence-electron chi connectivity index (χ3n) is 3.72. The predicted octanol–water partition coefficient (Wildman–Crippen LogP) is 2.08. The molecule has 2 fully saturated rings. The summed E-state index contributed by atoms with van der Waals surface area (Å²) in [5.74, 6) is 1.80. The molecule has 0 aromatic carbocycles. The van der Waals surface area contributed by atoms with E-state index in [2.05, 4.69) is 32.7 Å². The minimum Gasteiger partial charge on any atom is -0.352 e. The third-order valence-corrected chi connectivity index (χ3v) is 4.70. The fraction of sp³-hybridized carbons (Fsp3) is 0.583. The summed E-state index contributed by atoms with van der Waals surface area (Å²) in [6, 6.07) is 2.02. The van der Waals surface area contributed by atoms with Gasteiger partial charge in [-0.1, -0.05) is 0 Å². The normalized spacial score (nSPS) is 23.1. The number of hydrogen-bond acceptors (Lipinski definition) is 3. The summed E-state index contributed by atoms with van der Waals surface area (Å²) in [5, 5.41) is 0. The van der Waals surface area contributed by atoms with E-state index in [9.17, 15) is 0 Å². The number of rotatable bonds is 2. The van der Waals surface area contributed by atoms with Crippen LogP contribution >= 0.6 is 15.9 Å². The van der Waals surface area contributed by atoms with Crippen LogP contribution in [0.2, 0.25) is 0 Å². The Morgan fingerprint density at radius 3 is 2.81 bits per heavy atom. The van der Waals surface area contributed by atoms with E-state index in [0.29, 0.717) is 0 Å². The second-order valence-electron chi connectivity index (χ2n) is 5.13. The molecule has 2 N–H and O–H groups in total. The lowest BCUT2D eigenvalue weighted by Crippen LogP contribution is -2.69. The van der Waals surface area contributed by atoms with Crippen LogP contribution in [0.25, 0.3) is 0 Å². The SMILES string of the molecule is Cc1ccnc(N2CC(N)(C3CC3)C2)c1Br. The van der Waals surface area contributed by atoms with Gasteiger partial charge in [0, 0.05) is 19.3 Å². The fourth-order valence-corrected chi connectivity index (χ4v) is 2.96. The van der Waals surface area contributed by atoms with E-state index in [0.717, 1.165) is 29.3 Å². The zero-order valence-corrected chi connectivity index (χ0v) is 11.0. The molecule has 2 heterocycles. The van der Waals surface area contributed by atoms with Crippen LogP contribution in [0, 0.1) is 12.8 Å². The van der Waals surface area contributed by atoms with Crippen LogP contribution in [-0.4, -0.2) is 23.6 Å². The van der Waals surface area contributed by atoms with Crippen LogP contribution in [-0.2, 0) is 0 Å². The maximum Gasteiger partial charge on any atom is 0.143 e. The minimum atomic E-state index is 0.0604. The van der Waals surface area contributed by atoms with E-state index in [1.54, 1.807) is 0 Å². The van der Waals surface area contributed by atoms with E-state index in [1.165, 1.54) is 18.4 Å². The highest BCUT2D eigenvalue weighted by Gasteiger charge is 2.50. The average Bonchev–Trinajstić information content (AvgIpc) is 3.01. The number of aromatic nitrogens is 1. The van der Waals surface area contributed by atoms with E-state index in [4.69, 9.17) is 5.73 Å². The largest absolute Gasteiger partial charge is 0.352 e. The molecule has 0 spiro atoms. The Kier molecular flexibility index (Phi) is 2.27. The molecule has 3 rings (SSSR count). The Morgan fingerprint density at radius 2 is 2.19 bits per heavy atom. The van der Waals surface area contributed by atoms with E-state index in [1.807, 2.05) is 12.3 Å². The van der Waals surface area contributed by atoms with Crippen LogP contribution in [0.1, 0.15) is 18.4 Å². The van der Waals surface area contributed by atoms with Gasteiger partial charge in [-0.15, -0.1) is 0 Å². The highest BCUT2D eigenvalue weighted by Crippen LogP contribution is 2.44. The molecule has 0 atom stereocenters. The topological polar surface area (TPSA) is 42.2 Å². The quantitative estimate of drug-likeness (QED) is 0.903. The molecule has 86 valence electrons. The second-order valence-corrected chi connectivity index (χ2v) is 5.92. The highest BCUT2D eigenvalue weighted by atomic mass is 79.9. The molecule has 0 radical (unpaired) electrons. The van der Waals surface area contributed by atoms with E-state index >= 15 is 0 Å². The van der Waals surface area contributed by atoms with Crippen molar-refractivity contribution in [3.05, 3.63) is 22.3 Å². The first kappa shape index (κ1) is 10.5. The van der Waals surface area contributed by atoms with Gasteiger partial charge in [0.25, 0.3) is 0 Å². The Morgan fingerprint density at radius 1 is 1.50 bits per heavy atom. The first-order chi connectivity index (χ1) is 7.60. The maximum absolute atomic E-state index is 6.34. The summed E-state index contributed by atoms with van der Waals surface area (Å²) in [6.07, 6.45) is 4.49. The van der Waals surface area contributed by atoms with Crippen molar-refractivity contribution in [1.82, 2.24) is 4.98 Å². The van der Waals surface area contributed by atoms with Gasteiger partial charge in [0.05, 0.1) is 10.0 Å². The number of anilines is 1. The lowest BCUT2D eigenvalue weighted by Gasteiger charge is -2.49. The first-order valence-electron chi connectivity index (χ1n) is 5.75. The molecule has 1 aliphatic heterocycles. The predicted molar refractivity (Wildman–Crippen MR) is 68.5 cm³/mol.